The highest BCUT2D eigenvalue weighted by molar-refractivity contribution is 5.94. The Kier molecular flexibility index (Phi) is 3.80. The van der Waals surface area contributed by atoms with Gasteiger partial charge in [0.2, 0.25) is 0 Å². The minimum Gasteiger partial charge on any atom is -0.378 e. The normalized spacial score (nSPS) is 24.2. The summed E-state index contributed by atoms with van der Waals surface area (Å²) in [4.78, 5) is 20.7. The summed E-state index contributed by atoms with van der Waals surface area (Å²) in [6.45, 7) is 2.77. The topological polar surface area (TPSA) is 81.9 Å². The van der Waals surface area contributed by atoms with Gasteiger partial charge in [-0.1, -0.05) is 6.42 Å². The fourth-order valence-electron chi connectivity index (χ4n) is 3.86. The van der Waals surface area contributed by atoms with Crippen LogP contribution in [0.15, 0.2) is 31.0 Å². The molecular formula is C17H21N5O2. The molecule has 0 radical (unpaired) electrons. The first-order valence-corrected chi connectivity index (χ1v) is 8.46. The summed E-state index contributed by atoms with van der Waals surface area (Å²) in [5.74, 6) is 0.568. The largest absolute Gasteiger partial charge is 0.378 e. The molecule has 1 amide bonds. The SMILES string of the molecule is CCO[C@H]1C[C@@H](NC(=O)c2ccc(-n3cncn3)nc2)C12CCC2. The average molecular weight is 327 g/mol. The molecule has 2 saturated carbocycles. The molecule has 0 saturated heterocycles. The number of carbonyl (C=O) groups excluding carboxylic acids is 1. The molecule has 2 aliphatic carbocycles. The molecule has 7 heteroatoms. The molecule has 2 aromatic rings. The van der Waals surface area contributed by atoms with Gasteiger partial charge < -0.3 is 10.1 Å². The predicted molar refractivity (Wildman–Crippen MR) is 86.7 cm³/mol. The van der Waals surface area contributed by atoms with Crippen LogP contribution in [0, 0.1) is 5.41 Å². The van der Waals surface area contributed by atoms with Gasteiger partial charge in [-0.2, -0.15) is 5.10 Å². The van der Waals surface area contributed by atoms with Gasteiger partial charge in [-0.05, 0) is 38.3 Å². The van der Waals surface area contributed by atoms with E-state index in [1.807, 2.05) is 6.92 Å². The molecule has 7 nitrogen and oxygen atoms in total. The lowest BCUT2D eigenvalue weighted by molar-refractivity contribution is -0.169. The maximum Gasteiger partial charge on any atom is 0.253 e. The second-order valence-electron chi connectivity index (χ2n) is 6.54. The zero-order valence-electron chi connectivity index (χ0n) is 13.7. The molecule has 2 aromatic heterocycles. The van der Waals surface area contributed by atoms with Gasteiger partial charge in [0, 0.05) is 24.3 Å². The first-order valence-electron chi connectivity index (χ1n) is 8.46. The Hall–Kier alpha value is -2.28. The third-order valence-electron chi connectivity index (χ3n) is 5.41. The van der Waals surface area contributed by atoms with Gasteiger partial charge in [-0.25, -0.2) is 14.6 Å². The maximum absolute atomic E-state index is 12.5. The van der Waals surface area contributed by atoms with Gasteiger partial charge >= 0.3 is 0 Å². The molecule has 2 heterocycles. The van der Waals surface area contributed by atoms with Crippen LogP contribution in [0.25, 0.3) is 5.82 Å². The molecule has 1 N–H and O–H groups in total. The maximum atomic E-state index is 12.5. The molecule has 2 atom stereocenters. The van der Waals surface area contributed by atoms with Gasteiger partial charge in [-0.3, -0.25) is 4.79 Å². The number of hydrogen-bond acceptors (Lipinski definition) is 5. The molecule has 4 rings (SSSR count). The van der Waals surface area contributed by atoms with Crippen molar-refractivity contribution in [3.63, 3.8) is 0 Å². The Morgan fingerprint density at radius 1 is 1.46 bits per heavy atom. The van der Waals surface area contributed by atoms with Crippen LogP contribution < -0.4 is 5.32 Å². The zero-order chi connectivity index (χ0) is 16.6. The Balaban J connectivity index is 1.42. The summed E-state index contributed by atoms with van der Waals surface area (Å²) >= 11 is 0. The van der Waals surface area contributed by atoms with E-state index in [9.17, 15) is 4.79 Å². The van der Waals surface area contributed by atoms with Crippen LogP contribution in [0.5, 0.6) is 0 Å². The van der Waals surface area contributed by atoms with Crippen molar-refractivity contribution in [1.82, 2.24) is 25.1 Å². The number of aromatic nitrogens is 4. The van der Waals surface area contributed by atoms with E-state index in [1.54, 1.807) is 29.3 Å². The van der Waals surface area contributed by atoms with Crippen molar-refractivity contribution in [3.8, 4) is 5.82 Å². The standard InChI is InChI=1S/C17H21N5O2/c1-2-24-14-8-13(17(14)6-3-7-17)21-16(23)12-4-5-15(19-9-12)22-11-18-10-20-22/h4-5,9-11,13-14H,2-3,6-8H2,1H3,(H,21,23)/t13-,14+/m1/s1. The number of carbonyl (C=O) groups is 1. The first kappa shape index (κ1) is 15.3. The van der Waals surface area contributed by atoms with E-state index < -0.39 is 0 Å². The van der Waals surface area contributed by atoms with E-state index in [1.165, 1.54) is 12.7 Å². The number of nitrogens with one attached hydrogen (secondary N) is 1. The summed E-state index contributed by atoms with van der Waals surface area (Å²) in [6.07, 6.45) is 9.33. The van der Waals surface area contributed by atoms with E-state index in [0.717, 1.165) is 25.9 Å². The highest BCUT2D eigenvalue weighted by Crippen LogP contribution is 2.57. The fourth-order valence-corrected chi connectivity index (χ4v) is 3.86. The van der Waals surface area contributed by atoms with E-state index in [-0.39, 0.29) is 17.4 Å². The number of nitrogens with zero attached hydrogens (tertiary/aromatic N) is 4. The van der Waals surface area contributed by atoms with Crippen LogP contribution in [-0.2, 0) is 4.74 Å². The second kappa shape index (κ2) is 5.98. The van der Waals surface area contributed by atoms with Crippen molar-refractivity contribution in [2.24, 2.45) is 5.41 Å². The summed E-state index contributed by atoms with van der Waals surface area (Å²) in [6, 6.07) is 3.75. The molecule has 2 aliphatic rings. The van der Waals surface area contributed by atoms with Crippen LogP contribution in [0.4, 0.5) is 0 Å². The highest BCUT2D eigenvalue weighted by Gasteiger charge is 2.59. The first-order chi connectivity index (χ1) is 11.7. The van der Waals surface area contributed by atoms with Gasteiger partial charge in [0.25, 0.3) is 5.91 Å². The van der Waals surface area contributed by atoms with Crippen molar-refractivity contribution in [1.29, 1.82) is 0 Å². The summed E-state index contributed by atoms with van der Waals surface area (Å²) in [5.41, 5.74) is 0.730. The monoisotopic (exact) mass is 327 g/mol. The number of pyridine rings is 1. The highest BCUT2D eigenvalue weighted by atomic mass is 16.5. The Morgan fingerprint density at radius 2 is 2.33 bits per heavy atom. The van der Waals surface area contributed by atoms with Crippen LogP contribution in [0.1, 0.15) is 43.0 Å². The molecule has 2 fully saturated rings. The molecule has 126 valence electrons. The lowest BCUT2D eigenvalue weighted by Gasteiger charge is -2.61. The number of rotatable bonds is 5. The zero-order valence-corrected chi connectivity index (χ0v) is 13.7. The van der Waals surface area contributed by atoms with Crippen LogP contribution in [0.2, 0.25) is 0 Å². The Morgan fingerprint density at radius 3 is 2.92 bits per heavy atom. The van der Waals surface area contributed by atoms with Crippen LogP contribution in [-0.4, -0.2) is 44.4 Å². The smallest absolute Gasteiger partial charge is 0.253 e. The van der Waals surface area contributed by atoms with Crippen molar-refractivity contribution in [2.75, 3.05) is 6.61 Å². The van der Waals surface area contributed by atoms with Crippen molar-refractivity contribution in [3.05, 3.63) is 36.5 Å². The molecule has 0 unspecified atom stereocenters. The van der Waals surface area contributed by atoms with Gasteiger partial charge in [0.1, 0.15) is 12.7 Å². The number of hydrogen-bond donors (Lipinski definition) is 1. The van der Waals surface area contributed by atoms with E-state index in [0.29, 0.717) is 17.5 Å². The number of ether oxygens (including phenoxy) is 1. The van der Waals surface area contributed by atoms with Crippen molar-refractivity contribution in [2.45, 2.75) is 44.8 Å². The third kappa shape index (κ3) is 2.39. The van der Waals surface area contributed by atoms with E-state index in [2.05, 4.69) is 20.4 Å². The molecule has 0 aromatic carbocycles. The van der Waals surface area contributed by atoms with Crippen molar-refractivity contribution >= 4 is 5.91 Å². The minimum absolute atomic E-state index is 0.0705. The Bertz CT molecular complexity index is 709. The van der Waals surface area contributed by atoms with Crippen molar-refractivity contribution < 1.29 is 9.53 Å². The quantitative estimate of drug-likeness (QED) is 0.904. The third-order valence-corrected chi connectivity index (χ3v) is 5.41. The predicted octanol–water partition coefficient (Wildman–Crippen LogP) is 1.74. The van der Waals surface area contributed by atoms with E-state index >= 15 is 0 Å². The lowest BCUT2D eigenvalue weighted by Crippen LogP contribution is -2.67. The molecule has 0 aliphatic heterocycles. The van der Waals surface area contributed by atoms with Gasteiger partial charge in [0.05, 0.1) is 11.7 Å². The van der Waals surface area contributed by atoms with Crippen LogP contribution >= 0.6 is 0 Å². The fraction of sp³-hybridized carbons (Fsp3) is 0.529. The average Bonchev–Trinajstić information content (AvgIpc) is 3.06. The summed E-state index contributed by atoms with van der Waals surface area (Å²) in [7, 11) is 0. The minimum atomic E-state index is -0.0705. The molecule has 1 spiro atoms. The Labute approximate surface area is 140 Å². The second-order valence-corrected chi connectivity index (χ2v) is 6.54. The molecule has 0 bridgehead atoms. The number of amides is 1. The lowest BCUT2D eigenvalue weighted by atomic mass is 9.51. The molecule has 24 heavy (non-hydrogen) atoms. The van der Waals surface area contributed by atoms with E-state index in [4.69, 9.17) is 4.74 Å². The molecular weight excluding hydrogens is 306 g/mol. The summed E-state index contributed by atoms with van der Waals surface area (Å²) in [5, 5.41) is 7.20. The van der Waals surface area contributed by atoms with Gasteiger partial charge in [-0.15, -0.1) is 0 Å². The van der Waals surface area contributed by atoms with Crippen LogP contribution in [0.3, 0.4) is 0 Å². The van der Waals surface area contributed by atoms with Gasteiger partial charge in [0.15, 0.2) is 5.82 Å². The summed E-state index contributed by atoms with van der Waals surface area (Å²) < 4.78 is 7.39.